The number of anilines is 1. The van der Waals surface area contributed by atoms with Gasteiger partial charge in [-0.1, -0.05) is 12.2 Å². The molecular weight excluding hydrogens is 276 g/mol. The van der Waals surface area contributed by atoms with Gasteiger partial charge in [-0.05, 0) is 25.7 Å². The Labute approximate surface area is 120 Å². The quantitative estimate of drug-likeness (QED) is 0.836. The zero-order chi connectivity index (χ0) is 14.1. The topological polar surface area (TPSA) is 79.3 Å². The summed E-state index contributed by atoms with van der Waals surface area (Å²) in [6.07, 6.45) is 6.94. The maximum absolute atomic E-state index is 12.2. The van der Waals surface area contributed by atoms with E-state index in [0.29, 0.717) is 23.9 Å². The fourth-order valence-corrected chi connectivity index (χ4v) is 3.28. The molecule has 0 aromatic carbocycles. The van der Waals surface area contributed by atoms with Crippen molar-refractivity contribution >= 4 is 28.3 Å². The third kappa shape index (κ3) is 2.75. The number of hydrogen-bond acceptors (Lipinski definition) is 4. The summed E-state index contributed by atoms with van der Waals surface area (Å²) in [5, 5.41) is 14.5. The number of thiazole rings is 1. The number of carboxylic acids is 1. The number of aromatic nitrogens is 1. The second kappa shape index (κ2) is 5.36. The fraction of sp³-hybridized carbons (Fsp3) is 0.500. The van der Waals surface area contributed by atoms with Crippen LogP contribution in [0.1, 0.15) is 37.3 Å². The van der Waals surface area contributed by atoms with Crippen LogP contribution in [0.5, 0.6) is 0 Å². The molecule has 3 rings (SSSR count). The van der Waals surface area contributed by atoms with Crippen LogP contribution in [0.25, 0.3) is 0 Å². The molecule has 0 aliphatic heterocycles. The van der Waals surface area contributed by atoms with Crippen LogP contribution < -0.4 is 5.32 Å². The minimum Gasteiger partial charge on any atom is -0.481 e. The number of carbonyl (C=O) groups is 2. The molecule has 2 atom stereocenters. The van der Waals surface area contributed by atoms with E-state index in [-0.39, 0.29) is 5.91 Å². The smallest absolute Gasteiger partial charge is 0.307 e. The summed E-state index contributed by atoms with van der Waals surface area (Å²) in [4.78, 5) is 27.8. The van der Waals surface area contributed by atoms with Gasteiger partial charge in [-0.15, -0.1) is 11.3 Å². The summed E-state index contributed by atoms with van der Waals surface area (Å²) < 4.78 is 0. The molecule has 20 heavy (non-hydrogen) atoms. The molecule has 2 aliphatic carbocycles. The van der Waals surface area contributed by atoms with Crippen molar-refractivity contribution in [1.82, 2.24) is 4.98 Å². The highest BCUT2D eigenvalue weighted by molar-refractivity contribution is 7.13. The fourth-order valence-electron chi connectivity index (χ4n) is 2.49. The average Bonchev–Trinajstić information content (AvgIpc) is 3.19. The lowest BCUT2D eigenvalue weighted by atomic mass is 9.82. The lowest BCUT2D eigenvalue weighted by molar-refractivity contribution is -0.146. The van der Waals surface area contributed by atoms with Crippen molar-refractivity contribution in [3.8, 4) is 0 Å². The van der Waals surface area contributed by atoms with Gasteiger partial charge in [-0.3, -0.25) is 9.59 Å². The molecule has 1 amide bonds. The number of rotatable bonds is 4. The van der Waals surface area contributed by atoms with Gasteiger partial charge in [-0.2, -0.15) is 0 Å². The number of amides is 1. The number of allylic oxidation sites excluding steroid dienone is 2. The molecule has 0 bridgehead atoms. The van der Waals surface area contributed by atoms with E-state index in [0.717, 1.165) is 5.69 Å². The largest absolute Gasteiger partial charge is 0.481 e. The molecular formula is C14H16N2O3S. The summed E-state index contributed by atoms with van der Waals surface area (Å²) >= 11 is 1.41. The van der Waals surface area contributed by atoms with Crippen LogP contribution in [0.3, 0.4) is 0 Å². The lowest BCUT2D eigenvalue weighted by Crippen LogP contribution is -2.34. The van der Waals surface area contributed by atoms with E-state index < -0.39 is 17.8 Å². The maximum Gasteiger partial charge on any atom is 0.307 e. The molecule has 1 saturated carbocycles. The van der Waals surface area contributed by atoms with Crippen molar-refractivity contribution in [2.75, 3.05) is 5.32 Å². The van der Waals surface area contributed by atoms with Crippen molar-refractivity contribution in [2.45, 2.75) is 31.6 Å². The van der Waals surface area contributed by atoms with Gasteiger partial charge in [0.25, 0.3) is 0 Å². The highest BCUT2D eigenvalue weighted by Crippen LogP contribution is 2.41. The van der Waals surface area contributed by atoms with Crippen molar-refractivity contribution in [3.63, 3.8) is 0 Å². The molecule has 106 valence electrons. The Hall–Kier alpha value is -1.69. The predicted octanol–water partition coefficient (Wildman–Crippen LogP) is 2.63. The number of nitrogens with one attached hydrogen (secondary N) is 1. The molecule has 2 N–H and O–H groups in total. The monoisotopic (exact) mass is 292 g/mol. The molecule has 1 aromatic heterocycles. The first kappa shape index (κ1) is 13.3. The molecule has 1 heterocycles. The summed E-state index contributed by atoms with van der Waals surface area (Å²) in [6, 6.07) is 0. The van der Waals surface area contributed by atoms with Crippen LogP contribution in [-0.2, 0) is 9.59 Å². The first-order chi connectivity index (χ1) is 9.65. The number of aliphatic carboxylic acids is 1. The van der Waals surface area contributed by atoms with Gasteiger partial charge >= 0.3 is 5.97 Å². The van der Waals surface area contributed by atoms with Gasteiger partial charge in [0, 0.05) is 11.3 Å². The zero-order valence-corrected chi connectivity index (χ0v) is 11.7. The minimum absolute atomic E-state index is 0.238. The van der Waals surface area contributed by atoms with E-state index in [9.17, 15) is 14.7 Å². The highest BCUT2D eigenvalue weighted by Gasteiger charge is 2.34. The van der Waals surface area contributed by atoms with Gasteiger partial charge < -0.3 is 10.4 Å². The van der Waals surface area contributed by atoms with Gasteiger partial charge in [0.05, 0.1) is 17.5 Å². The summed E-state index contributed by atoms with van der Waals surface area (Å²) in [5.41, 5.74) is 1.05. The molecule has 2 unspecified atom stereocenters. The Morgan fingerprint density at radius 1 is 1.25 bits per heavy atom. The Morgan fingerprint density at radius 2 is 1.95 bits per heavy atom. The number of hydrogen-bond donors (Lipinski definition) is 2. The molecule has 6 heteroatoms. The second-order valence-electron chi connectivity index (χ2n) is 5.34. The van der Waals surface area contributed by atoms with E-state index in [2.05, 4.69) is 10.3 Å². The van der Waals surface area contributed by atoms with Crippen LogP contribution >= 0.6 is 11.3 Å². The molecule has 1 aromatic rings. The van der Waals surface area contributed by atoms with Crippen molar-refractivity contribution < 1.29 is 14.7 Å². The van der Waals surface area contributed by atoms with Gasteiger partial charge in [0.2, 0.25) is 5.91 Å². The predicted molar refractivity (Wildman–Crippen MR) is 75.7 cm³/mol. The second-order valence-corrected chi connectivity index (χ2v) is 6.19. The van der Waals surface area contributed by atoms with Crippen LogP contribution in [-0.4, -0.2) is 22.0 Å². The summed E-state index contributed by atoms with van der Waals surface area (Å²) in [7, 11) is 0. The van der Waals surface area contributed by atoms with Crippen LogP contribution in [0, 0.1) is 11.8 Å². The summed E-state index contributed by atoms with van der Waals surface area (Å²) in [5.74, 6) is -1.74. The number of carbonyl (C=O) groups excluding carboxylic acids is 1. The molecule has 0 saturated heterocycles. The van der Waals surface area contributed by atoms with E-state index >= 15 is 0 Å². The average molecular weight is 292 g/mol. The van der Waals surface area contributed by atoms with Gasteiger partial charge in [-0.25, -0.2) is 4.98 Å². The molecule has 0 radical (unpaired) electrons. The minimum atomic E-state index is -0.910. The molecule has 1 fully saturated rings. The van der Waals surface area contributed by atoms with Crippen molar-refractivity contribution in [1.29, 1.82) is 0 Å². The Balaban J connectivity index is 1.67. The number of nitrogens with zero attached hydrogens (tertiary/aromatic N) is 1. The third-order valence-electron chi connectivity index (χ3n) is 3.83. The van der Waals surface area contributed by atoms with Gasteiger partial charge in [0.15, 0.2) is 5.13 Å². The van der Waals surface area contributed by atoms with Gasteiger partial charge in [0.1, 0.15) is 0 Å². The van der Waals surface area contributed by atoms with E-state index in [1.807, 2.05) is 17.5 Å². The first-order valence-electron chi connectivity index (χ1n) is 6.79. The molecule has 2 aliphatic rings. The Bertz CT molecular complexity index is 563. The van der Waals surface area contributed by atoms with Crippen molar-refractivity contribution in [2.24, 2.45) is 11.8 Å². The lowest BCUT2D eigenvalue weighted by Gasteiger charge is -2.23. The SMILES string of the molecule is O=C(O)C1CC=CCC1C(=O)Nc1nc(C2CC2)cs1. The van der Waals surface area contributed by atoms with Crippen LogP contribution in [0.4, 0.5) is 5.13 Å². The molecule has 5 nitrogen and oxygen atoms in total. The highest BCUT2D eigenvalue weighted by atomic mass is 32.1. The third-order valence-corrected chi connectivity index (χ3v) is 4.61. The van der Waals surface area contributed by atoms with E-state index in [4.69, 9.17) is 0 Å². The standard InChI is InChI=1S/C14H16N2O3S/c17-12(9-3-1-2-4-10(9)13(18)19)16-14-15-11(7-20-14)8-5-6-8/h1-2,7-10H,3-6H2,(H,18,19)(H,15,16,17). The molecule has 0 spiro atoms. The van der Waals surface area contributed by atoms with E-state index in [1.165, 1.54) is 24.2 Å². The van der Waals surface area contributed by atoms with Crippen LogP contribution in [0.2, 0.25) is 0 Å². The van der Waals surface area contributed by atoms with Crippen molar-refractivity contribution in [3.05, 3.63) is 23.2 Å². The summed E-state index contributed by atoms with van der Waals surface area (Å²) in [6.45, 7) is 0. The number of carboxylic acid groups (broad SMARTS) is 1. The first-order valence-corrected chi connectivity index (χ1v) is 7.67. The zero-order valence-electron chi connectivity index (χ0n) is 10.9. The van der Waals surface area contributed by atoms with E-state index in [1.54, 1.807) is 0 Å². The normalized spacial score (nSPS) is 25.4. The van der Waals surface area contributed by atoms with Crippen LogP contribution in [0.15, 0.2) is 17.5 Å². The maximum atomic E-state index is 12.2. The Morgan fingerprint density at radius 3 is 2.60 bits per heavy atom. The Kier molecular flexibility index (Phi) is 3.56.